The maximum absolute atomic E-state index is 13.8. The fraction of sp³-hybridized carbons (Fsp3) is 0.767. The number of ether oxygens (including phenoxy) is 3. The Hall–Kier alpha value is -2.49. The van der Waals surface area contributed by atoms with Gasteiger partial charge in [0, 0.05) is 29.3 Å². The van der Waals surface area contributed by atoms with Crippen LogP contribution in [0.3, 0.4) is 0 Å². The summed E-state index contributed by atoms with van der Waals surface area (Å²) in [7, 11) is -14.2. The van der Waals surface area contributed by atoms with Gasteiger partial charge in [-0.05, 0) is 12.8 Å². The van der Waals surface area contributed by atoms with Crippen LogP contribution in [0, 0.1) is 11.3 Å². The standard InChI is InChI=1S/C30H48N4O18P2Si/c1-16(35)32-21-25(47-17(2)36)24-19(15-46-55(51-24,29(3,4)5)30(6,7)8)49-27(21)50-53(41,42)52-54(43,44-13-9-11-31)45-14-18-22(38)23(39)26(48-18)34-12-10-20(37)33-28(34)40/h10,12,18-19,21-27,38-39H,9,13-15H2,1-8H3,(H,32,35)(H,41,42)(H,33,37,40)/p-1/t18-,19-,21-,22-,23-,24-,25-,26-,27-,54?/m1/s1. The monoisotopic (exact) mass is 841 g/mol. The fourth-order valence-corrected chi connectivity index (χ4v) is 14.4. The van der Waals surface area contributed by atoms with Crippen molar-refractivity contribution in [3.8, 4) is 6.07 Å². The van der Waals surface area contributed by atoms with Crippen molar-refractivity contribution in [1.82, 2.24) is 9.55 Å². The van der Waals surface area contributed by atoms with Gasteiger partial charge >= 0.3 is 36.2 Å². The predicted molar refractivity (Wildman–Crippen MR) is 185 cm³/mol. The number of hydrogen-bond acceptors (Lipinski definition) is 19. The van der Waals surface area contributed by atoms with Crippen LogP contribution >= 0.6 is 16.0 Å². The summed E-state index contributed by atoms with van der Waals surface area (Å²) in [6.07, 6.45) is -11.8. The van der Waals surface area contributed by atoms with Crippen LogP contribution in [0.25, 0.3) is 0 Å². The van der Waals surface area contributed by atoms with E-state index < -0.39 is 133 Å². The number of nitrogens with zero attached hydrogens (tertiary/aromatic N) is 3. The Morgan fingerprint density at radius 3 is 2.38 bits per heavy atom. The largest absolute Gasteiger partial charge is 0.862 e. The summed E-state index contributed by atoms with van der Waals surface area (Å²) in [5, 5.41) is 41.5. The van der Waals surface area contributed by atoms with Crippen LogP contribution in [0.1, 0.15) is 68.0 Å². The van der Waals surface area contributed by atoms with Crippen molar-refractivity contribution in [2.45, 2.75) is 127 Å². The van der Waals surface area contributed by atoms with Crippen molar-refractivity contribution in [1.29, 1.82) is 5.26 Å². The van der Waals surface area contributed by atoms with Crippen molar-refractivity contribution in [2.75, 3.05) is 19.8 Å². The van der Waals surface area contributed by atoms with Crippen LogP contribution in [-0.2, 0) is 50.3 Å². The number of carbonyl (C=O) groups is 1. The number of phosphoric ester groups is 2. The molecule has 3 aliphatic heterocycles. The smallest absolute Gasteiger partial charge is 0.513 e. The number of carbonyl (C=O) groups excluding carboxylic acids is 1. The van der Waals surface area contributed by atoms with E-state index in [-0.39, 0.29) is 6.61 Å². The second kappa shape index (κ2) is 17.2. The van der Waals surface area contributed by atoms with Crippen LogP contribution in [0.15, 0.2) is 26.8 Å². The number of aromatic nitrogens is 2. The van der Waals surface area contributed by atoms with Gasteiger partial charge in [-0.15, -0.1) is 0 Å². The van der Waals surface area contributed by atoms with Gasteiger partial charge in [0.05, 0.1) is 19.1 Å². The van der Waals surface area contributed by atoms with E-state index in [4.69, 9.17) is 46.2 Å². The minimum absolute atomic E-state index is 0.160. The van der Waals surface area contributed by atoms with Gasteiger partial charge in [0.15, 0.2) is 18.6 Å². The molecule has 25 heteroatoms. The lowest BCUT2D eigenvalue weighted by Gasteiger charge is -2.57. The summed E-state index contributed by atoms with van der Waals surface area (Å²) in [5.41, 5.74) is -1.74. The number of aliphatic hydroxyl groups is 2. The molecule has 3 saturated heterocycles. The van der Waals surface area contributed by atoms with Crippen LogP contribution in [-0.4, -0.2) is 114 Å². The number of hydrogen-bond donors (Lipinski definition) is 4. The fourth-order valence-electron chi connectivity index (χ4n) is 6.72. The highest BCUT2D eigenvalue weighted by Crippen LogP contribution is 2.67. The molecule has 3 aliphatic rings. The number of H-pyrrole nitrogens is 1. The van der Waals surface area contributed by atoms with Gasteiger partial charge in [-0.2, -0.15) is 14.3 Å². The van der Waals surface area contributed by atoms with Gasteiger partial charge < -0.3 is 48.2 Å². The number of nitrogens with one attached hydrogen (secondary N) is 1. The first-order chi connectivity index (χ1) is 25.3. The SMILES string of the molecule is CC(=O)O[C@@H]1[C@@H](N=C(C)[O-])[C@@H](OP(=O)(O)O[P+]([O-])(OCCC#N)OC[C@H]2O[C@@H](n3ccc(=O)[nH]c3=O)[C@H](O)[C@@H]2O)O[C@@H]2CO[Si](C(C)(C)C)(C(C)(C)C)O[C@@H]12. The number of phosphoric acid groups is 2. The summed E-state index contributed by atoms with van der Waals surface area (Å²) in [6, 6.07) is 1.02. The van der Waals surface area contributed by atoms with E-state index in [1.54, 1.807) is 6.07 Å². The molecule has 0 bridgehead atoms. The second-order valence-corrected chi connectivity index (χ2v) is 22.9. The van der Waals surface area contributed by atoms with E-state index in [0.717, 1.165) is 30.7 Å². The lowest BCUT2D eigenvalue weighted by molar-refractivity contribution is -0.266. The molecule has 0 spiro atoms. The molecular weight excluding hydrogens is 794 g/mol. The molecule has 1 aromatic rings. The van der Waals surface area contributed by atoms with Crippen LogP contribution in [0.5, 0.6) is 0 Å². The maximum atomic E-state index is 13.8. The summed E-state index contributed by atoms with van der Waals surface area (Å²) < 4.78 is 65.1. The Balaban J connectivity index is 1.60. The molecule has 55 heavy (non-hydrogen) atoms. The Labute approximate surface area is 317 Å². The molecule has 2 unspecified atom stereocenters. The zero-order valence-corrected chi connectivity index (χ0v) is 34.2. The van der Waals surface area contributed by atoms with E-state index in [9.17, 15) is 44.1 Å². The zero-order valence-electron chi connectivity index (χ0n) is 31.4. The molecule has 0 saturated carbocycles. The third-order valence-corrected chi connectivity index (χ3v) is 16.9. The van der Waals surface area contributed by atoms with Crippen molar-refractivity contribution < 1.29 is 75.4 Å². The molecular formula is C30H47N4O18P2Si-. The summed E-state index contributed by atoms with van der Waals surface area (Å²) >= 11 is 0. The van der Waals surface area contributed by atoms with Crippen LogP contribution in [0.2, 0.25) is 10.1 Å². The van der Waals surface area contributed by atoms with Gasteiger partial charge in [-0.1, -0.05) is 45.9 Å². The quantitative estimate of drug-likeness (QED) is 0.0487. The molecule has 11 atom stereocenters. The van der Waals surface area contributed by atoms with E-state index >= 15 is 0 Å². The topological polar surface area (TPSA) is 315 Å². The molecule has 0 amide bonds. The molecule has 22 nitrogen and oxygen atoms in total. The minimum atomic E-state index is -5.70. The Bertz CT molecular complexity index is 1760. The highest BCUT2D eigenvalue weighted by Gasteiger charge is 2.66. The van der Waals surface area contributed by atoms with Gasteiger partial charge in [0.2, 0.25) is 0 Å². The highest BCUT2D eigenvalue weighted by molar-refractivity contribution is 7.64. The Morgan fingerprint density at radius 2 is 1.82 bits per heavy atom. The van der Waals surface area contributed by atoms with Crippen molar-refractivity contribution in [3.63, 3.8) is 0 Å². The minimum Gasteiger partial charge on any atom is -0.862 e. The van der Waals surface area contributed by atoms with Gasteiger partial charge in [0.25, 0.3) is 5.56 Å². The van der Waals surface area contributed by atoms with E-state index in [1.165, 1.54) is 0 Å². The third-order valence-electron chi connectivity index (χ3n) is 8.74. The lowest BCUT2D eigenvalue weighted by Crippen LogP contribution is -2.71. The first-order valence-corrected chi connectivity index (χ1v) is 21.8. The molecule has 4 heterocycles. The first kappa shape index (κ1) is 45.2. The normalized spacial score (nSPS) is 32.1. The summed E-state index contributed by atoms with van der Waals surface area (Å²) in [5.74, 6) is -1.63. The van der Waals surface area contributed by atoms with Crippen LogP contribution < -0.4 is 21.2 Å². The number of esters is 1. The zero-order chi connectivity index (χ0) is 41.3. The molecule has 0 radical (unpaired) electrons. The van der Waals surface area contributed by atoms with Crippen molar-refractivity contribution in [2.24, 2.45) is 4.99 Å². The number of aliphatic imine (C=N–C) groups is 1. The average molecular weight is 842 g/mol. The van der Waals surface area contributed by atoms with E-state index in [0.29, 0.717) is 0 Å². The molecule has 4 N–H and O–H groups in total. The number of rotatable bonds is 13. The lowest BCUT2D eigenvalue weighted by atomic mass is 9.97. The van der Waals surface area contributed by atoms with Gasteiger partial charge in [0.1, 0.15) is 49.8 Å². The highest BCUT2D eigenvalue weighted by atomic mass is 31.3. The number of fused-ring (bicyclic) bond motifs is 1. The average Bonchev–Trinajstić information content (AvgIpc) is 3.32. The number of aliphatic hydroxyl groups excluding tert-OH is 2. The molecule has 3 fully saturated rings. The molecule has 0 aliphatic carbocycles. The van der Waals surface area contributed by atoms with Gasteiger partial charge in [-0.3, -0.25) is 28.7 Å². The first-order valence-electron chi connectivity index (χ1n) is 17.0. The Kier molecular flexibility index (Phi) is 14.1. The molecule has 4 rings (SSSR count). The van der Waals surface area contributed by atoms with Gasteiger partial charge in [-0.25, -0.2) is 9.36 Å². The number of nitriles is 1. The van der Waals surface area contributed by atoms with Crippen molar-refractivity contribution >= 4 is 36.4 Å². The molecule has 1 aromatic heterocycles. The third kappa shape index (κ3) is 10.3. The molecule has 310 valence electrons. The summed E-state index contributed by atoms with van der Waals surface area (Å²) in [6.45, 7) is 12.0. The van der Waals surface area contributed by atoms with E-state index in [1.807, 2.05) is 46.5 Å². The maximum Gasteiger partial charge on any atom is 0.513 e. The van der Waals surface area contributed by atoms with Crippen molar-refractivity contribution in [3.05, 3.63) is 33.1 Å². The van der Waals surface area contributed by atoms with Crippen LogP contribution in [0.4, 0.5) is 0 Å². The second-order valence-electron chi connectivity index (χ2n) is 15.0. The van der Waals surface area contributed by atoms with E-state index in [2.05, 4.69) is 4.99 Å². The summed E-state index contributed by atoms with van der Waals surface area (Å²) in [4.78, 5) is 66.8. The number of aromatic amines is 1. The predicted octanol–water partition coefficient (Wildman–Crippen LogP) is -0.464. The Morgan fingerprint density at radius 1 is 1.16 bits per heavy atom. The molecule has 0 aromatic carbocycles.